The average molecular weight is 406 g/mol. The minimum absolute atomic E-state index is 0.0730. The summed E-state index contributed by atoms with van der Waals surface area (Å²) in [5.41, 5.74) is 8.70. The Kier molecular flexibility index (Phi) is 5.59. The molecule has 0 saturated carbocycles. The number of aromatic nitrogens is 2. The molecule has 6 nitrogen and oxygen atoms in total. The number of nitrogens with two attached hydrogens (primary N) is 1. The van der Waals surface area contributed by atoms with E-state index < -0.39 is 23.8 Å². The van der Waals surface area contributed by atoms with E-state index in [-0.39, 0.29) is 17.7 Å². The lowest BCUT2D eigenvalue weighted by atomic mass is 9.93. The molecular weight excluding hydrogens is 378 g/mol. The molecule has 2 aliphatic heterocycles. The Morgan fingerprint density at radius 2 is 2.10 bits per heavy atom. The van der Waals surface area contributed by atoms with Crippen molar-refractivity contribution in [3.63, 3.8) is 0 Å². The molecule has 2 aliphatic rings. The van der Waals surface area contributed by atoms with Crippen LogP contribution in [0.15, 0.2) is 18.2 Å². The van der Waals surface area contributed by atoms with Crippen LogP contribution in [0, 0.1) is 11.6 Å². The Labute approximate surface area is 169 Å². The number of hydrogen-bond donors (Lipinski definition) is 1. The average Bonchev–Trinajstić information content (AvgIpc) is 3.20. The number of hydrogen-bond acceptors (Lipinski definition) is 5. The molecule has 1 aromatic carbocycles. The highest BCUT2D eigenvalue weighted by molar-refractivity contribution is 5.26. The first-order chi connectivity index (χ1) is 13.9. The van der Waals surface area contributed by atoms with Gasteiger partial charge in [-0.3, -0.25) is 9.47 Å². The van der Waals surface area contributed by atoms with Gasteiger partial charge in [0.15, 0.2) is 0 Å². The molecule has 0 bridgehead atoms. The lowest BCUT2D eigenvalue weighted by molar-refractivity contribution is -0.0535. The second-order valence-corrected chi connectivity index (χ2v) is 8.08. The maximum atomic E-state index is 14.1. The van der Waals surface area contributed by atoms with Crippen LogP contribution in [0.25, 0.3) is 0 Å². The molecule has 29 heavy (non-hydrogen) atoms. The number of halogens is 2. The van der Waals surface area contributed by atoms with Crippen LogP contribution >= 0.6 is 0 Å². The largest absolute Gasteiger partial charge is 0.462 e. The maximum Gasteiger partial charge on any atom is 0.297 e. The normalized spacial score (nSPS) is 24.9. The molecule has 158 valence electrons. The highest BCUT2D eigenvalue weighted by Gasteiger charge is 2.38. The van der Waals surface area contributed by atoms with Crippen LogP contribution in [-0.2, 0) is 24.4 Å². The van der Waals surface area contributed by atoms with Crippen LogP contribution in [0.2, 0.25) is 0 Å². The van der Waals surface area contributed by atoms with E-state index in [0.717, 1.165) is 36.6 Å². The number of imidazole rings is 1. The Balaban J connectivity index is 1.45. The monoisotopic (exact) mass is 406 g/mol. The molecule has 3 heterocycles. The SMILES string of the molecule is CCn1c(OC(C)C)nc2c1CN([C@H]1CO[C@H](c3cc(F)ccc3F)[C@@H](N)C1)C2. The molecule has 8 heteroatoms. The van der Waals surface area contributed by atoms with Crippen LogP contribution in [0.3, 0.4) is 0 Å². The van der Waals surface area contributed by atoms with E-state index in [0.29, 0.717) is 25.6 Å². The summed E-state index contributed by atoms with van der Waals surface area (Å²) >= 11 is 0. The van der Waals surface area contributed by atoms with Crippen molar-refractivity contribution in [2.75, 3.05) is 6.61 Å². The van der Waals surface area contributed by atoms with Crippen molar-refractivity contribution in [3.8, 4) is 6.01 Å². The van der Waals surface area contributed by atoms with Gasteiger partial charge in [-0.05, 0) is 45.4 Å². The lowest BCUT2D eigenvalue weighted by Gasteiger charge is -2.38. The number of nitrogens with zero attached hydrogens (tertiary/aromatic N) is 3. The number of fused-ring (bicyclic) bond motifs is 1. The minimum atomic E-state index is -0.638. The molecule has 2 N–H and O–H groups in total. The molecule has 0 aliphatic carbocycles. The van der Waals surface area contributed by atoms with Gasteiger partial charge in [0.05, 0.1) is 24.1 Å². The first kappa shape index (κ1) is 20.3. The number of rotatable bonds is 5. The van der Waals surface area contributed by atoms with Gasteiger partial charge in [0.2, 0.25) is 0 Å². The van der Waals surface area contributed by atoms with Crippen molar-refractivity contribution >= 4 is 0 Å². The number of ether oxygens (including phenoxy) is 2. The van der Waals surface area contributed by atoms with Crippen LogP contribution in [-0.4, -0.2) is 39.2 Å². The summed E-state index contributed by atoms with van der Waals surface area (Å²) in [5, 5.41) is 0. The fourth-order valence-corrected chi connectivity index (χ4v) is 4.29. The lowest BCUT2D eigenvalue weighted by Crippen LogP contribution is -2.47. The van der Waals surface area contributed by atoms with E-state index in [1.165, 1.54) is 6.07 Å². The highest BCUT2D eigenvalue weighted by atomic mass is 19.1. The summed E-state index contributed by atoms with van der Waals surface area (Å²) in [4.78, 5) is 6.98. The van der Waals surface area contributed by atoms with E-state index in [9.17, 15) is 8.78 Å². The Hall–Kier alpha value is -2.03. The molecule has 1 saturated heterocycles. The zero-order valence-corrected chi connectivity index (χ0v) is 17.1. The van der Waals surface area contributed by atoms with Crippen LogP contribution in [0.4, 0.5) is 8.78 Å². The second-order valence-electron chi connectivity index (χ2n) is 8.08. The molecular formula is C21H28F2N4O2. The van der Waals surface area contributed by atoms with Crippen LogP contribution < -0.4 is 10.5 Å². The predicted octanol–water partition coefficient (Wildman–Crippen LogP) is 3.14. The van der Waals surface area contributed by atoms with Gasteiger partial charge in [-0.1, -0.05) is 0 Å². The van der Waals surface area contributed by atoms with Crippen molar-refractivity contribution < 1.29 is 18.3 Å². The van der Waals surface area contributed by atoms with Crippen molar-refractivity contribution in [2.24, 2.45) is 5.73 Å². The number of benzene rings is 1. The topological polar surface area (TPSA) is 65.5 Å². The summed E-state index contributed by atoms with van der Waals surface area (Å²) < 4.78 is 41.6. The summed E-state index contributed by atoms with van der Waals surface area (Å²) in [6.45, 7) is 8.72. The van der Waals surface area contributed by atoms with Crippen molar-refractivity contribution in [1.82, 2.24) is 14.5 Å². The van der Waals surface area contributed by atoms with E-state index >= 15 is 0 Å². The molecule has 0 unspecified atom stereocenters. The van der Waals surface area contributed by atoms with Gasteiger partial charge < -0.3 is 15.2 Å². The Morgan fingerprint density at radius 3 is 2.79 bits per heavy atom. The summed E-state index contributed by atoms with van der Waals surface area (Å²) in [7, 11) is 0. The van der Waals surface area contributed by atoms with Gasteiger partial charge in [0.1, 0.15) is 17.7 Å². The smallest absolute Gasteiger partial charge is 0.297 e. The predicted molar refractivity (Wildman–Crippen MR) is 104 cm³/mol. The molecule has 1 aromatic heterocycles. The fourth-order valence-electron chi connectivity index (χ4n) is 4.29. The van der Waals surface area contributed by atoms with Crippen molar-refractivity contribution in [1.29, 1.82) is 0 Å². The third kappa shape index (κ3) is 3.89. The van der Waals surface area contributed by atoms with Gasteiger partial charge in [-0.2, -0.15) is 4.98 Å². The Morgan fingerprint density at radius 1 is 1.31 bits per heavy atom. The van der Waals surface area contributed by atoms with Crippen LogP contribution in [0.5, 0.6) is 6.01 Å². The standard InChI is InChI=1S/C21H28F2N4O2/c1-4-27-19-10-26(9-18(19)25-21(27)29-12(2)3)14-8-17(24)20(28-11-14)15-7-13(22)5-6-16(15)23/h5-7,12,14,17,20H,4,8-11,24H2,1-3H3/t14-,17+,20-/m1/s1. The summed E-state index contributed by atoms with van der Waals surface area (Å²) in [6, 6.07) is 3.76. The molecule has 4 rings (SSSR count). The van der Waals surface area contributed by atoms with E-state index in [2.05, 4.69) is 21.4 Å². The third-order valence-electron chi connectivity index (χ3n) is 5.67. The molecule has 3 atom stereocenters. The van der Waals surface area contributed by atoms with E-state index in [1.54, 1.807) is 0 Å². The van der Waals surface area contributed by atoms with Gasteiger partial charge in [-0.25, -0.2) is 8.78 Å². The van der Waals surface area contributed by atoms with Crippen molar-refractivity contribution in [2.45, 2.75) is 71.1 Å². The summed E-state index contributed by atoms with van der Waals surface area (Å²) in [5.74, 6) is -0.978. The minimum Gasteiger partial charge on any atom is -0.462 e. The maximum absolute atomic E-state index is 14.1. The second kappa shape index (κ2) is 8.01. The molecule has 2 aromatic rings. The molecule has 0 amide bonds. The van der Waals surface area contributed by atoms with Gasteiger partial charge in [0.25, 0.3) is 6.01 Å². The third-order valence-corrected chi connectivity index (χ3v) is 5.67. The van der Waals surface area contributed by atoms with Gasteiger partial charge in [-0.15, -0.1) is 0 Å². The molecule has 0 radical (unpaired) electrons. The highest BCUT2D eigenvalue weighted by Crippen LogP contribution is 2.35. The molecule has 0 spiro atoms. The quantitative estimate of drug-likeness (QED) is 0.826. The van der Waals surface area contributed by atoms with Crippen molar-refractivity contribution in [3.05, 3.63) is 46.8 Å². The zero-order chi connectivity index (χ0) is 20.7. The van der Waals surface area contributed by atoms with Crippen LogP contribution in [0.1, 0.15) is 50.2 Å². The first-order valence-electron chi connectivity index (χ1n) is 10.2. The summed E-state index contributed by atoms with van der Waals surface area (Å²) in [6.07, 6.45) is 0.0798. The zero-order valence-electron chi connectivity index (χ0n) is 17.1. The first-order valence-corrected chi connectivity index (χ1v) is 10.2. The van der Waals surface area contributed by atoms with E-state index in [4.69, 9.17) is 15.2 Å². The van der Waals surface area contributed by atoms with Gasteiger partial charge in [0, 0.05) is 37.3 Å². The van der Waals surface area contributed by atoms with Gasteiger partial charge >= 0.3 is 0 Å². The van der Waals surface area contributed by atoms with E-state index in [1.807, 2.05) is 13.8 Å². The Bertz CT molecular complexity index is 886. The molecule has 1 fully saturated rings. The fraction of sp³-hybridized carbons (Fsp3) is 0.571.